The minimum atomic E-state index is 0.289. The highest BCUT2D eigenvalue weighted by molar-refractivity contribution is 5.18. The Balaban J connectivity index is 1.47. The molecule has 0 spiro atoms. The molecule has 1 aliphatic rings. The summed E-state index contributed by atoms with van der Waals surface area (Å²) in [6.45, 7) is 5.12. The summed E-state index contributed by atoms with van der Waals surface area (Å²) < 4.78 is 13.2. The van der Waals surface area contributed by atoms with Crippen molar-refractivity contribution in [1.29, 1.82) is 0 Å². The monoisotopic (exact) mass is 344 g/mol. The van der Waals surface area contributed by atoms with Crippen molar-refractivity contribution in [3.8, 4) is 5.88 Å². The number of likely N-dealkylation sites (N-methyl/N-ethyl adjacent to an activating group) is 1. The Hall–Kier alpha value is -1.92. The summed E-state index contributed by atoms with van der Waals surface area (Å²) in [5, 5.41) is 4.25. The largest absolute Gasteiger partial charge is 0.481 e. The van der Waals surface area contributed by atoms with E-state index >= 15 is 0 Å². The van der Waals surface area contributed by atoms with Gasteiger partial charge in [-0.15, -0.1) is 0 Å². The fourth-order valence-electron chi connectivity index (χ4n) is 3.38. The minimum Gasteiger partial charge on any atom is -0.481 e. The Labute approximate surface area is 149 Å². The van der Waals surface area contributed by atoms with Crippen LogP contribution < -0.4 is 4.74 Å². The van der Waals surface area contributed by atoms with E-state index in [1.54, 1.807) is 7.11 Å². The van der Waals surface area contributed by atoms with Crippen LogP contribution in [0.3, 0.4) is 0 Å². The van der Waals surface area contributed by atoms with Crippen molar-refractivity contribution in [3.63, 3.8) is 0 Å². The van der Waals surface area contributed by atoms with Gasteiger partial charge in [0.2, 0.25) is 5.88 Å². The van der Waals surface area contributed by atoms with Crippen LogP contribution in [0.15, 0.2) is 30.7 Å². The third-order valence-corrected chi connectivity index (χ3v) is 4.74. The van der Waals surface area contributed by atoms with Crippen LogP contribution in [-0.2, 0) is 24.8 Å². The third-order valence-electron chi connectivity index (χ3n) is 4.74. The first-order valence-corrected chi connectivity index (χ1v) is 9.00. The molecule has 2 atom stereocenters. The quantitative estimate of drug-likeness (QED) is 0.736. The van der Waals surface area contributed by atoms with Gasteiger partial charge >= 0.3 is 0 Å². The molecule has 0 aliphatic carbocycles. The number of methoxy groups -OCH3 is 1. The van der Waals surface area contributed by atoms with Crippen molar-refractivity contribution in [3.05, 3.63) is 41.9 Å². The zero-order valence-electron chi connectivity index (χ0n) is 15.4. The molecule has 2 aromatic heterocycles. The second kappa shape index (κ2) is 8.45. The molecule has 25 heavy (non-hydrogen) atoms. The first-order valence-electron chi connectivity index (χ1n) is 9.00. The normalized spacial score (nSPS) is 20.3. The number of hydrogen-bond acceptors (Lipinski definition) is 5. The van der Waals surface area contributed by atoms with Crippen molar-refractivity contribution >= 4 is 0 Å². The van der Waals surface area contributed by atoms with Crippen molar-refractivity contribution in [2.75, 3.05) is 20.2 Å². The topological polar surface area (TPSA) is 52.4 Å². The maximum absolute atomic E-state index is 6.28. The Morgan fingerprint density at radius 2 is 2.08 bits per heavy atom. The standard InChI is InChI=1S/C19H28N4O2/c1-4-23(13-16-11-21-22(2)12-16)14-18-7-6-17(25-18)9-15-5-8-19(24-3)20-10-15/h5,8,10-12,17-18H,4,6-7,9,13-14H2,1-3H3/t17-,18+/m0/s1. The molecule has 6 heteroatoms. The number of ether oxygens (including phenoxy) is 2. The predicted octanol–water partition coefficient (Wildman–Crippen LogP) is 2.44. The van der Waals surface area contributed by atoms with Crippen LogP contribution in [-0.4, -0.2) is 52.1 Å². The number of hydrogen-bond donors (Lipinski definition) is 0. The molecule has 2 aromatic rings. The number of aromatic nitrogens is 3. The van der Waals surface area contributed by atoms with Crippen molar-refractivity contribution in [2.24, 2.45) is 7.05 Å². The second-order valence-corrected chi connectivity index (χ2v) is 6.72. The average Bonchev–Trinajstić information content (AvgIpc) is 3.24. The van der Waals surface area contributed by atoms with Crippen molar-refractivity contribution in [1.82, 2.24) is 19.7 Å². The zero-order valence-corrected chi connectivity index (χ0v) is 15.4. The Kier molecular flexibility index (Phi) is 6.04. The lowest BCUT2D eigenvalue weighted by atomic mass is 10.1. The van der Waals surface area contributed by atoms with Crippen LogP contribution in [0.1, 0.15) is 30.9 Å². The van der Waals surface area contributed by atoms with E-state index in [1.165, 1.54) is 11.1 Å². The third kappa shape index (κ3) is 5.03. The SMILES string of the molecule is CCN(Cc1cnn(C)c1)C[C@H]1CC[C@@H](Cc2ccc(OC)nc2)O1. The van der Waals surface area contributed by atoms with E-state index in [9.17, 15) is 0 Å². The van der Waals surface area contributed by atoms with Gasteiger partial charge in [-0.05, 0) is 24.9 Å². The highest BCUT2D eigenvalue weighted by Crippen LogP contribution is 2.24. The fraction of sp³-hybridized carbons (Fsp3) is 0.579. The zero-order chi connectivity index (χ0) is 17.6. The maximum atomic E-state index is 6.28. The molecule has 6 nitrogen and oxygen atoms in total. The molecule has 0 bridgehead atoms. The van der Waals surface area contributed by atoms with Gasteiger partial charge in [-0.3, -0.25) is 9.58 Å². The van der Waals surface area contributed by atoms with Gasteiger partial charge < -0.3 is 9.47 Å². The van der Waals surface area contributed by atoms with E-state index in [0.717, 1.165) is 38.9 Å². The number of rotatable bonds is 8. The van der Waals surface area contributed by atoms with E-state index in [0.29, 0.717) is 12.0 Å². The highest BCUT2D eigenvalue weighted by Gasteiger charge is 2.27. The number of aryl methyl sites for hydroxylation is 1. The highest BCUT2D eigenvalue weighted by atomic mass is 16.5. The molecule has 0 aromatic carbocycles. The van der Waals surface area contributed by atoms with Gasteiger partial charge in [0, 0.05) is 50.6 Å². The lowest BCUT2D eigenvalue weighted by molar-refractivity contribution is 0.0227. The smallest absolute Gasteiger partial charge is 0.212 e. The summed E-state index contributed by atoms with van der Waals surface area (Å²) in [4.78, 5) is 6.70. The van der Waals surface area contributed by atoms with E-state index in [2.05, 4.69) is 34.2 Å². The maximum Gasteiger partial charge on any atom is 0.212 e. The molecule has 1 aliphatic heterocycles. The van der Waals surface area contributed by atoms with Crippen LogP contribution in [0.2, 0.25) is 0 Å². The molecule has 1 fully saturated rings. The molecule has 136 valence electrons. The van der Waals surface area contributed by atoms with E-state index in [1.807, 2.05) is 30.2 Å². The predicted molar refractivity (Wildman–Crippen MR) is 96.5 cm³/mol. The summed E-state index contributed by atoms with van der Waals surface area (Å²) in [6.07, 6.45) is 9.66. The van der Waals surface area contributed by atoms with Gasteiger partial charge in [0.25, 0.3) is 0 Å². The lowest BCUT2D eigenvalue weighted by Crippen LogP contribution is -2.32. The molecular weight excluding hydrogens is 316 g/mol. The van der Waals surface area contributed by atoms with E-state index in [-0.39, 0.29) is 6.10 Å². The van der Waals surface area contributed by atoms with Crippen LogP contribution >= 0.6 is 0 Å². The average molecular weight is 344 g/mol. The Bertz CT molecular complexity index is 656. The molecule has 0 saturated carbocycles. The van der Waals surface area contributed by atoms with Gasteiger partial charge in [0.1, 0.15) is 0 Å². The summed E-state index contributed by atoms with van der Waals surface area (Å²) in [6, 6.07) is 3.98. The second-order valence-electron chi connectivity index (χ2n) is 6.72. The first kappa shape index (κ1) is 17.9. The number of pyridine rings is 1. The molecule has 3 heterocycles. The minimum absolute atomic E-state index is 0.289. The summed E-state index contributed by atoms with van der Waals surface area (Å²) in [7, 11) is 3.59. The Morgan fingerprint density at radius 3 is 2.72 bits per heavy atom. The van der Waals surface area contributed by atoms with Crippen LogP contribution in [0.25, 0.3) is 0 Å². The van der Waals surface area contributed by atoms with Crippen molar-refractivity contribution in [2.45, 2.75) is 44.9 Å². The van der Waals surface area contributed by atoms with Gasteiger partial charge in [0.15, 0.2) is 0 Å². The van der Waals surface area contributed by atoms with Crippen LogP contribution in [0.4, 0.5) is 0 Å². The molecule has 0 N–H and O–H groups in total. The molecule has 1 saturated heterocycles. The molecular formula is C19H28N4O2. The molecule has 3 rings (SSSR count). The fourth-order valence-corrected chi connectivity index (χ4v) is 3.38. The van der Waals surface area contributed by atoms with Crippen molar-refractivity contribution < 1.29 is 9.47 Å². The summed E-state index contributed by atoms with van der Waals surface area (Å²) in [5.41, 5.74) is 2.46. The van der Waals surface area contributed by atoms with Gasteiger partial charge in [-0.25, -0.2) is 4.98 Å². The lowest BCUT2D eigenvalue weighted by Gasteiger charge is -2.23. The Morgan fingerprint density at radius 1 is 1.24 bits per heavy atom. The molecule has 0 radical (unpaired) electrons. The first-order chi connectivity index (χ1) is 12.2. The van der Waals surface area contributed by atoms with Gasteiger partial charge in [0.05, 0.1) is 25.5 Å². The van der Waals surface area contributed by atoms with E-state index in [4.69, 9.17) is 9.47 Å². The molecule has 0 unspecified atom stereocenters. The van der Waals surface area contributed by atoms with Crippen LogP contribution in [0.5, 0.6) is 5.88 Å². The van der Waals surface area contributed by atoms with Gasteiger partial charge in [-0.2, -0.15) is 5.10 Å². The molecule has 0 amide bonds. The van der Waals surface area contributed by atoms with Gasteiger partial charge in [-0.1, -0.05) is 13.0 Å². The van der Waals surface area contributed by atoms with Crippen LogP contribution in [0, 0.1) is 0 Å². The summed E-state index contributed by atoms with van der Waals surface area (Å²) >= 11 is 0. The number of nitrogens with zero attached hydrogens (tertiary/aromatic N) is 4. The van der Waals surface area contributed by atoms with E-state index < -0.39 is 0 Å². The summed E-state index contributed by atoms with van der Waals surface area (Å²) in [5.74, 6) is 0.656.